The molecule has 6 atom stereocenters. The molecular formula is C69H110O12. The summed E-state index contributed by atoms with van der Waals surface area (Å²) in [5.41, 5.74) is 0. The zero-order chi connectivity index (χ0) is 58.9. The van der Waals surface area contributed by atoms with Crippen molar-refractivity contribution in [3.8, 4) is 0 Å². The first kappa shape index (κ1) is 74.1. The van der Waals surface area contributed by atoms with Crippen LogP contribution in [0, 0.1) is 0 Å². The van der Waals surface area contributed by atoms with E-state index in [4.69, 9.17) is 23.7 Å². The summed E-state index contributed by atoms with van der Waals surface area (Å²) < 4.78 is 28.4. The van der Waals surface area contributed by atoms with Crippen LogP contribution in [0.3, 0.4) is 0 Å². The third-order valence-corrected chi connectivity index (χ3v) is 13.5. The molecule has 1 fully saturated rings. The summed E-state index contributed by atoms with van der Waals surface area (Å²) in [5, 5.41) is 31.6. The number of aliphatic hydroxyl groups is 2. The van der Waals surface area contributed by atoms with Gasteiger partial charge in [0.05, 0.1) is 6.61 Å². The van der Waals surface area contributed by atoms with Gasteiger partial charge >= 0.3 is 23.9 Å². The molecule has 0 saturated carbocycles. The predicted octanol–water partition coefficient (Wildman–Crippen LogP) is 16.8. The van der Waals surface area contributed by atoms with Crippen LogP contribution < -0.4 is 0 Å². The minimum atomic E-state index is -1.93. The van der Waals surface area contributed by atoms with Crippen LogP contribution in [0.2, 0.25) is 0 Å². The van der Waals surface area contributed by atoms with Gasteiger partial charge in [-0.05, 0) is 109 Å². The summed E-state index contributed by atoms with van der Waals surface area (Å²) >= 11 is 0. The Morgan fingerprint density at radius 2 is 0.778 bits per heavy atom. The first-order valence-corrected chi connectivity index (χ1v) is 31.5. The van der Waals surface area contributed by atoms with Crippen molar-refractivity contribution in [1.82, 2.24) is 0 Å². The molecule has 0 amide bonds. The molecule has 81 heavy (non-hydrogen) atoms. The van der Waals surface area contributed by atoms with E-state index in [1.807, 2.05) is 0 Å². The number of carbonyl (C=O) groups is 4. The van der Waals surface area contributed by atoms with Crippen LogP contribution in [-0.2, 0) is 42.9 Å². The van der Waals surface area contributed by atoms with Crippen LogP contribution >= 0.6 is 0 Å². The summed E-state index contributed by atoms with van der Waals surface area (Å²) in [6.07, 6.45) is 64.4. The highest BCUT2D eigenvalue weighted by Gasteiger charge is 2.50. The fourth-order valence-electron chi connectivity index (χ4n) is 8.77. The van der Waals surface area contributed by atoms with Crippen LogP contribution in [-0.4, -0.2) is 89.2 Å². The van der Waals surface area contributed by atoms with E-state index < -0.39 is 67.3 Å². The van der Waals surface area contributed by atoms with E-state index in [1.165, 1.54) is 57.8 Å². The van der Waals surface area contributed by atoms with Crippen molar-refractivity contribution < 1.29 is 58.2 Å². The Morgan fingerprint density at radius 3 is 1.19 bits per heavy atom. The Kier molecular flexibility index (Phi) is 50.9. The molecule has 1 heterocycles. The lowest BCUT2D eigenvalue weighted by atomic mass is 9.98. The average molecular weight is 1130 g/mol. The maximum Gasteiger partial charge on any atom is 0.335 e. The summed E-state index contributed by atoms with van der Waals surface area (Å²) in [5.74, 6) is -3.21. The van der Waals surface area contributed by atoms with Gasteiger partial charge in [-0.25, -0.2) is 4.79 Å². The lowest BCUT2D eigenvalue weighted by molar-refractivity contribution is -0.301. The van der Waals surface area contributed by atoms with Gasteiger partial charge in [0, 0.05) is 19.3 Å². The van der Waals surface area contributed by atoms with Crippen molar-refractivity contribution in [2.24, 2.45) is 0 Å². The number of allylic oxidation sites excluding steroid dienone is 20. The standard InChI is InChI=1S/C69H110O12/c1-4-7-10-13-16-19-22-25-27-29-31-33-35-38-40-43-46-49-52-55-61(70)77-58-60(79-62(71)56-53-50-47-44-41-37-24-21-18-15-12-9-6-3)59-78-69-67(65(74)64(73)66(81-69)68(75)76)80-63(72)57-54-51-48-45-42-39-36-34-32-30-28-26-23-20-17-14-11-8-5-2/h7-8,10-11,16-17,19-20,25-28,31-34,38-40,42,60,64-67,69,73-74H,4-6,9,12-15,18,21-24,29-30,35-37,41,43-59H2,1-3H3,(H,75,76)/b10-7-,11-8-,19-16-,20-17-,27-25-,28-26-,33-31-,34-32-,40-38-,42-39-. The molecule has 0 aromatic heterocycles. The third-order valence-electron chi connectivity index (χ3n) is 13.5. The van der Waals surface area contributed by atoms with Crippen molar-refractivity contribution in [3.05, 3.63) is 122 Å². The fourth-order valence-corrected chi connectivity index (χ4v) is 8.77. The minimum absolute atomic E-state index is 0.0127. The second-order valence-corrected chi connectivity index (χ2v) is 20.9. The zero-order valence-electron chi connectivity index (χ0n) is 50.5. The van der Waals surface area contributed by atoms with Crippen molar-refractivity contribution in [2.45, 2.75) is 276 Å². The molecule has 0 aromatic carbocycles. The SMILES string of the molecule is CC/C=C\C/C=C\C/C=C\C/C=C\C/C=C\CCCCCC(=O)OCC(COC1OC(C(=O)O)C(O)C(O)C1OC(=O)CCCCC/C=C\C/C=C\C/C=C\C/C=C\C/C=C\CC)OC(=O)CCCCCCCCCCCCCCC. The number of aliphatic hydroxyl groups excluding tert-OH is 2. The fraction of sp³-hybridized carbons (Fsp3) is 0.652. The summed E-state index contributed by atoms with van der Waals surface area (Å²) in [4.78, 5) is 51.3. The number of carboxylic acid groups (broad SMARTS) is 1. The number of carboxylic acids is 1. The summed E-state index contributed by atoms with van der Waals surface area (Å²) in [6.45, 7) is 5.73. The second kappa shape index (κ2) is 55.6. The van der Waals surface area contributed by atoms with Gasteiger partial charge in [0.1, 0.15) is 18.8 Å². The van der Waals surface area contributed by atoms with Crippen molar-refractivity contribution in [2.75, 3.05) is 13.2 Å². The van der Waals surface area contributed by atoms with Crippen molar-refractivity contribution in [1.29, 1.82) is 0 Å². The van der Waals surface area contributed by atoms with Gasteiger partial charge in [-0.15, -0.1) is 0 Å². The first-order chi connectivity index (χ1) is 39.6. The number of hydrogen-bond donors (Lipinski definition) is 3. The van der Waals surface area contributed by atoms with E-state index in [9.17, 15) is 34.5 Å². The van der Waals surface area contributed by atoms with E-state index in [2.05, 4.69) is 142 Å². The van der Waals surface area contributed by atoms with Crippen molar-refractivity contribution in [3.63, 3.8) is 0 Å². The number of unbranched alkanes of at least 4 members (excludes halogenated alkanes) is 18. The molecule has 458 valence electrons. The number of aliphatic carboxylic acids is 1. The molecule has 1 aliphatic heterocycles. The predicted molar refractivity (Wildman–Crippen MR) is 330 cm³/mol. The van der Waals surface area contributed by atoms with Crippen LogP contribution in [0.1, 0.15) is 239 Å². The van der Waals surface area contributed by atoms with Gasteiger partial charge in [0.2, 0.25) is 0 Å². The molecule has 1 saturated heterocycles. The van der Waals surface area contributed by atoms with Crippen LogP contribution in [0.4, 0.5) is 0 Å². The molecule has 0 spiro atoms. The minimum Gasteiger partial charge on any atom is -0.479 e. The number of carbonyl (C=O) groups excluding carboxylic acids is 3. The maximum absolute atomic E-state index is 13.2. The molecule has 3 N–H and O–H groups in total. The topological polar surface area (TPSA) is 175 Å². The molecule has 12 nitrogen and oxygen atoms in total. The van der Waals surface area contributed by atoms with Gasteiger partial charge in [0.15, 0.2) is 24.6 Å². The first-order valence-electron chi connectivity index (χ1n) is 31.5. The molecular weight excluding hydrogens is 1020 g/mol. The molecule has 12 heteroatoms. The number of rotatable bonds is 52. The molecule has 1 rings (SSSR count). The largest absolute Gasteiger partial charge is 0.479 e. The summed E-state index contributed by atoms with van der Waals surface area (Å²) in [6, 6.07) is 0. The van der Waals surface area contributed by atoms with Gasteiger partial charge in [-0.3, -0.25) is 14.4 Å². The normalized spacial score (nSPS) is 18.6. The zero-order valence-corrected chi connectivity index (χ0v) is 50.5. The highest BCUT2D eigenvalue weighted by atomic mass is 16.7. The number of esters is 3. The molecule has 0 radical (unpaired) electrons. The Hall–Kier alpha value is -4.88. The highest BCUT2D eigenvalue weighted by Crippen LogP contribution is 2.26. The van der Waals surface area contributed by atoms with E-state index in [0.29, 0.717) is 19.3 Å². The number of hydrogen-bond acceptors (Lipinski definition) is 11. The maximum atomic E-state index is 13.2. The van der Waals surface area contributed by atoms with Crippen molar-refractivity contribution >= 4 is 23.9 Å². The average Bonchev–Trinajstić information content (AvgIpc) is 3.45. The van der Waals surface area contributed by atoms with Gasteiger partial charge in [0.25, 0.3) is 0 Å². The Balaban J connectivity index is 2.71. The molecule has 6 unspecified atom stereocenters. The van der Waals surface area contributed by atoms with E-state index in [-0.39, 0.29) is 25.9 Å². The van der Waals surface area contributed by atoms with E-state index in [0.717, 1.165) is 122 Å². The lowest BCUT2D eigenvalue weighted by Gasteiger charge is -2.40. The lowest BCUT2D eigenvalue weighted by Crippen LogP contribution is -2.61. The number of ether oxygens (including phenoxy) is 5. The summed E-state index contributed by atoms with van der Waals surface area (Å²) in [7, 11) is 0. The Labute approximate surface area is 490 Å². The smallest absolute Gasteiger partial charge is 0.335 e. The second-order valence-electron chi connectivity index (χ2n) is 20.9. The molecule has 0 aromatic rings. The van der Waals surface area contributed by atoms with Crippen LogP contribution in [0.15, 0.2) is 122 Å². The van der Waals surface area contributed by atoms with E-state index in [1.54, 1.807) is 0 Å². The monoisotopic (exact) mass is 1130 g/mol. The van der Waals surface area contributed by atoms with E-state index >= 15 is 0 Å². The Morgan fingerprint density at radius 1 is 0.420 bits per heavy atom. The van der Waals surface area contributed by atoms with Gasteiger partial charge in [-0.1, -0.05) is 232 Å². The van der Waals surface area contributed by atoms with Crippen LogP contribution in [0.25, 0.3) is 0 Å². The molecule has 1 aliphatic rings. The Bertz CT molecular complexity index is 1870. The third kappa shape index (κ3) is 45.3. The molecule has 0 aliphatic carbocycles. The quantitative estimate of drug-likeness (QED) is 0.0228. The molecule has 0 bridgehead atoms. The van der Waals surface area contributed by atoms with Crippen LogP contribution in [0.5, 0.6) is 0 Å². The highest BCUT2D eigenvalue weighted by molar-refractivity contribution is 5.74. The van der Waals surface area contributed by atoms with Gasteiger partial charge < -0.3 is 39.0 Å². The van der Waals surface area contributed by atoms with Gasteiger partial charge in [-0.2, -0.15) is 0 Å².